The fourth-order valence-electron chi connectivity index (χ4n) is 4.51. The first-order chi connectivity index (χ1) is 16.1. The Morgan fingerprint density at radius 2 is 1.65 bits per heavy atom. The van der Waals surface area contributed by atoms with E-state index in [1.54, 1.807) is 0 Å². The van der Waals surface area contributed by atoms with E-state index >= 15 is 0 Å². The van der Waals surface area contributed by atoms with Crippen LogP contribution in [0.25, 0.3) is 0 Å². The topological polar surface area (TPSA) is 197 Å². The largest absolute Gasteiger partial charge is 0.480 e. The second-order valence-electron chi connectivity index (χ2n) is 9.14. The van der Waals surface area contributed by atoms with Gasteiger partial charge in [0.1, 0.15) is 18.1 Å². The van der Waals surface area contributed by atoms with Crippen molar-refractivity contribution in [2.75, 3.05) is 19.6 Å². The molecule has 12 heteroatoms. The van der Waals surface area contributed by atoms with Crippen molar-refractivity contribution >= 4 is 29.7 Å². The highest BCUT2D eigenvalue weighted by Gasteiger charge is 2.41. The van der Waals surface area contributed by atoms with E-state index in [1.807, 2.05) is 13.8 Å². The molecule has 0 bridgehead atoms. The maximum Gasteiger partial charge on any atom is 0.326 e. The van der Waals surface area contributed by atoms with Crippen LogP contribution in [-0.2, 0) is 19.2 Å². The molecule has 2 aliphatic rings. The number of amides is 3. The van der Waals surface area contributed by atoms with Crippen molar-refractivity contribution in [3.8, 4) is 0 Å². The average molecular weight is 482 g/mol. The summed E-state index contributed by atoms with van der Waals surface area (Å²) in [6.45, 7) is 4.86. The average Bonchev–Trinajstić information content (AvgIpc) is 3.48. The smallest absolute Gasteiger partial charge is 0.326 e. The summed E-state index contributed by atoms with van der Waals surface area (Å²) < 4.78 is 0. The van der Waals surface area contributed by atoms with Gasteiger partial charge in [0.2, 0.25) is 17.7 Å². The molecule has 5 unspecified atom stereocenters. The molecule has 0 radical (unpaired) electrons. The van der Waals surface area contributed by atoms with Gasteiger partial charge in [0, 0.05) is 19.6 Å². The van der Waals surface area contributed by atoms with Crippen molar-refractivity contribution in [1.29, 1.82) is 0 Å². The predicted octanol–water partition coefficient (Wildman–Crippen LogP) is -1.04. The summed E-state index contributed by atoms with van der Waals surface area (Å²) in [6.07, 6.45) is 3.46. The van der Waals surface area contributed by atoms with Crippen molar-refractivity contribution in [2.24, 2.45) is 28.1 Å². The summed E-state index contributed by atoms with van der Waals surface area (Å²) in [5.41, 5.74) is 16.8. The van der Waals surface area contributed by atoms with Gasteiger partial charge in [-0.05, 0) is 44.4 Å². The number of carbonyl (C=O) groups is 4. The number of aliphatic carboxylic acids is 1. The van der Waals surface area contributed by atoms with Gasteiger partial charge in [-0.2, -0.15) is 0 Å². The molecule has 0 aromatic heterocycles. The second kappa shape index (κ2) is 12.5. The molecule has 0 aromatic rings. The van der Waals surface area contributed by atoms with E-state index in [-0.39, 0.29) is 30.8 Å². The minimum atomic E-state index is -1.07. The summed E-state index contributed by atoms with van der Waals surface area (Å²) in [6, 6.07) is -3.27. The van der Waals surface area contributed by atoms with Crippen LogP contribution in [0, 0.1) is 5.92 Å². The van der Waals surface area contributed by atoms with Crippen LogP contribution in [0.15, 0.2) is 4.99 Å². The Labute approximate surface area is 200 Å². The first kappa shape index (κ1) is 27.4. The molecule has 2 fully saturated rings. The van der Waals surface area contributed by atoms with Gasteiger partial charge < -0.3 is 37.4 Å². The van der Waals surface area contributed by atoms with Gasteiger partial charge in [-0.1, -0.05) is 20.3 Å². The highest BCUT2D eigenvalue weighted by Crippen LogP contribution is 2.23. The van der Waals surface area contributed by atoms with Crippen LogP contribution in [0.5, 0.6) is 0 Å². The number of aliphatic imine (C=N–C) groups is 1. The number of carboxylic acids is 1. The molecule has 3 amide bonds. The molecule has 2 rings (SSSR count). The van der Waals surface area contributed by atoms with E-state index in [2.05, 4.69) is 10.3 Å². The lowest BCUT2D eigenvalue weighted by molar-refractivity contribution is -0.150. The fraction of sp³-hybridized carbons (Fsp3) is 0.773. The highest BCUT2D eigenvalue weighted by atomic mass is 16.4. The van der Waals surface area contributed by atoms with E-state index in [9.17, 15) is 24.3 Å². The van der Waals surface area contributed by atoms with Gasteiger partial charge in [-0.3, -0.25) is 19.4 Å². The Kier molecular flexibility index (Phi) is 10.1. The summed E-state index contributed by atoms with van der Waals surface area (Å²) in [4.78, 5) is 57.7. The van der Waals surface area contributed by atoms with Crippen molar-refractivity contribution in [3.63, 3.8) is 0 Å². The van der Waals surface area contributed by atoms with Crippen LogP contribution < -0.4 is 22.5 Å². The number of likely N-dealkylation sites (tertiary alicyclic amines) is 2. The van der Waals surface area contributed by atoms with Crippen LogP contribution in [0.1, 0.15) is 58.8 Å². The van der Waals surface area contributed by atoms with Crippen molar-refractivity contribution < 1.29 is 24.3 Å². The van der Waals surface area contributed by atoms with Gasteiger partial charge in [0.25, 0.3) is 0 Å². The highest BCUT2D eigenvalue weighted by molar-refractivity contribution is 5.94. The van der Waals surface area contributed by atoms with E-state index in [4.69, 9.17) is 17.2 Å². The van der Waals surface area contributed by atoms with E-state index < -0.39 is 42.0 Å². The number of nitrogens with one attached hydrogen (secondary N) is 1. The van der Waals surface area contributed by atoms with Gasteiger partial charge in [-0.25, -0.2) is 4.79 Å². The van der Waals surface area contributed by atoms with E-state index in [1.165, 1.54) is 9.80 Å². The van der Waals surface area contributed by atoms with Gasteiger partial charge in [-0.15, -0.1) is 0 Å². The Morgan fingerprint density at radius 3 is 2.21 bits per heavy atom. The number of carboxylic acid groups (broad SMARTS) is 1. The fourth-order valence-corrected chi connectivity index (χ4v) is 4.51. The van der Waals surface area contributed by atoms with Crippen LogP contribution in [0.3, 0.4) is 0 Å². The standard InChI is InChI=1S/C22H39N7O5/c1-3-13(2)17(23)20(32)28-11-5-8-15(28)18(30)27-14(7-4-10-26-22(24)25)19(31)29-12-6-9-16(29)21(33)34/h13-17H,3-12,23H2,1-2H3,(H,27,30)(H,33,34)(H4,24,25,26). The van der Waals surface area contributed by atoms with E-state index in [0.717, 1.165) is 6.42 Å². The molecule has 8 N–H and O–H groups in total. The molecular weight excluding hydrogens is 442 g/mol. The maximum absolute atomic E-state index is 13.3. The first-order valence-corrected chi connectivity index (χ1v) is 12.0. The molecule has 2 aliphatic heterocycles. The molecule has 0 aliphatic carbocycles. The first-order valence-electron chi connectivity index (χ1n) is 12.0. The Morgan fingerprint density at radius 1 is 1.06 bits per heavy atom. The van der Waals surface area contributed by atoms with Crippen molar-refractivity contribution in [3.05, 3.63) is 0 Å². The van der Waals surface area contributed by atoms with Crippen LogP contribution in [0.4, 0.5) is 0 Å². The molecule has 0 spiro atoms. The maximum atomic E-state index is 13.3. The third-order valence-corrected chi connectivity index (χ3v) is 6.76. The lowest BCUT2D eigenvalue weighted by Crippen LogP contribution is -2.57. The zero-order valence-corrected chi connectivity index (χ0v) is 20.1. The molecule has 5 atom stereocenters. The van der Waals surface area contributed by atoms with Gasteiger partial charge >= 0.3 is 5.97 Å². The predicted molar refractivity (Wildman–Crippen MR) is 126 cm³/mol. The Bertz CT molecular complexity index is 786. The van der Waals surface area contributed by atoms with Crippen LogP contribution in [-0.4, -0.2) is 88.4 Å². The molecule has 12 nitrogen and oxygen atoms in total. The lowest BCUT2D eigenvalue weighted by atomic mass is 9.98. The zero-order chi connectivity index (χ0) is 25.4. The Hall–Kier alpha value is -2.89. The number of nitrogens with zero attached hydrogens (tertiary/aromatic N) is 3. The summed E-state index contributed by atoms with van der Waals surface area (Å²) in [7, 11) is 0. The number of guanidine groups is 1. The molecule has 192 valence electrons. The number of carbonyl (C=O) groups excluding carboxylic acids is 3. The molecule has 34 heavy (non-hydrogen) atoms. The quantitative estimate of drug-likeness (QED) is 0.140. The van der Waals surface area contributed by atoms with E-state index in [0.29, 0.717) is 45.2 Å². The minimum Gasteiger partial charge on any atom is -0.480 e. The molecule has 0 saturated carbocycles. The van der Waals surface area contributed by atoms with Gasteiger partial charge in [0.15, 0.2) is 5.96 Å². The third kappa shape index (κ3) is 6.81. The number of hydrogen-bond donors (Lipinski definition) is 5. The molecular formula is C22H39N7O5. The number of rotatable bonds is 11. The summed E-state index contributed by atoms with van der Waals surface area (Å²) in [5, 5.41) is 12.3. The SMILES string of the molecule is CCC(C)C(N)C(=O)N1CCCC1C(=O)NC(CCCN=C(N)N)C(=O)N1CCCC1C(=O)O. The normalized spacial score (nSPS) is 22.7. The van der Waals surface area contributed by atoms with Crippen molar-refractivity contribution in [2.45, 2.75) is 83.0 Å². The second-order valence-corrected chi connectivity index (χ2v) is 9.14. The Balaban J connectivity index is 2.14. The minimum absolute atomic E-state index is 0.0233. The molecule has 2 saturated heterocycles. The monoisotopic (exact) mass is 481 g/mol. The zero-order valence-electron chi connectivity index (χ0n) is 20.1. The molecule has 2 heterocycles. The lowest BCUT2D eigenvalue weighted by Gasteiger charge is -2.31. The van der Waals surface area contributed by atoms with Gasteiger partial charge in [0.05, 0.1) is 6.04 Å². The van der Waals surface area contributed by atoms with Crippen LogP contribution >= 0.6 is 0 Å². The summed E-state index contributed by atoms with van der Waals surface area (Å²) >= 11 is 0. The van der Waals surface area contributed by atoms with Crippen LogP contribution in [0.2, 0.25) is 0 Å². The molecule has 0 aromatic carbocycles. The summed E-state index contributed by atoms with van der Waals surface area (Å²) in [5.74, 6) is -2.32. The number of hydrogen-bond acceptors (Lipinski definition) is 6. The number of nitrogens with two attached hydrogens (primary N) is 3. The van der Waals surface area contributed by atoms with Crippen molar-refractivity contribution in [1.82, 2.24) is 15.1 Å². The third-order valence-electron chi connectivity index (χ3n) is 6.76.